The zero-order chi connectivity index (χ0) is 23.2. The number of hydrogen-bond acceptors (Lipinski definition) is 11. The molecule has 10 nitrogen and oxygen atoms in total. The molecule has 0 unspecified atom stereocenters. The molecular weight excluding hydrogens is 448 g/mol. The first kappa shape index (κ1) is 22.2. The predicted molar refractivity (Wildman–Crippen MR) is 118 cm³/mol. The molecule has 3 heterocycles. The van der Waals surface area contributed by atoms with Crippen LogP contribution in [0.4, 0.5) is 0 Å². The molecule has 4 rings (SSSR count). The summed E-state index contributed by atoms with van der Waals surface area (Å²) in [7, 11) is 4.55. The SMILES string of the molecule is COc1cc(-c2nnc(COC(=O)Cc3csc(-c4ccccn4)n3)o2)cc(OC)c1OC. The van der Waals surface area contributed by atoms with Crippen molar-refractivity contribution in [2.24, 2.45) is 0 Å². The summed E-state index contributed by atoms with van der Waals surface area (Å²) in [5, 5.41) is 10.5. The van der Waals surface area contributed by atoms with Crippen molar-refractivity contribution in [3.8, 4) is 39.4 Å². The first-order valence-corrected chi connectivity index (χ1v) is 10.6. The monoisotopic (exact) mass is 468 g/mol. The molecule has 0 aliphatic rings. The van der Waals surface area contributed by atoms with Crippen molar-refractivity contribution in [1.29, 1.82) is 0 Å². The Morgan fingerprint density at radius 1 is 1.06 bits per heavy atom. The van der Waals surface area contributed by atoms with Crippen LogP contribution in [0.5, 0.6) is 17.2 Å². The minimum absolute atomic E-state index is 0.0250. The Morgan fingerprint density at radius 2 is 1.85 bits per heavy atom. The lowest BCUT2D eigenvalue weighted by Crippen LogP contribution is -2.08. The summed E-state index contributed by atoms with van der Waals surface area (Å²) in [6.45, 7) is -0.159. The van der Waals surface area contributed by atoms with Crippen molar-refractivity contribution in [2.45, 2.75) is 13.0 Å². The van der Waals surface area contributed by atoms with E-state index in [-0.39, 0.29) is 24.8 Å². The smallest absolute Gasteiger partial charge is 0.312 e. The minimum atomic E-state index is -0.458. The Labute approximate surface area is 193 Å². The molecular formula is C22H20N4O6S. The molecule has 4 aromatic rings. The van der Waals surface area contributed by atoms with Crippen LogP contribution in [0.3, 0.4) is 0 Å². The molecule has 0 atom stereocenters. The average Bonchev–Trinajstić information content (AvgIpc) is 3.52. The van der Waals surface area contributed by atoms with Gasteiger partial charge in [0.05, 0.1) is 39.1 Å². The number of rotatable bonds is 9. The highest BCUT2D eigenvalue weighted by molar-refractivity contribution is 7.13. The molecule has 0 aliphatic carbocycles. The minimum Gasteiger partial charge on any atom is -0.493 e. The van der Waals surface area contributed by atoms with Gasteiger partial charge in [0.15, 0.2) is 18.1 Å². The van der Waals surface area contributed by atoms with Gasteiger partial charge in [-0.05, 0) is 24.3 Å². The number of nitrogens with zero attached hydrogens (tertiary/aromatic N) is 4. The van der Waals surface area contributed by atoms with Crippen molar-refractivity contribution in [1.82, 2.24) is 20.2 Å². The van der Waals surface area contributed by atoms with Crippen LogP contribution < -0.4 is 14.2 Å². The second kappa shape index (κ2) is 10.1. The molecule has 0 spiro atoms. The molecule has 0 saturated heterocycles. The van der Waals surface area contributed by atoms with Crippen LogP contribution in [-0.2, 0) is 22.6 Å². The van der Waals surface area contributed by atoms with Crippen LogP contribution in [-0.4, -0.2) is 47.5 Å². The predicted octanol–water partition coefficient (Wildman–Crippen LogP) is 3.57. The highest BCUT2D eigenvalue weighted by atomic mass is 32.1. The van der Waals surface area contributed by atoms with Crippen LogP contribution in [0.1, 0.15) is 11.6 Å². The highest BCUT2D eigenvalue weighted by Crippen LogP contribution is 2.40. The van der Waals surface area contributed by atoms with Gasteiger partial charge in [-0.25, -0.2) is 4.98 Å². The molecule has 0 radical (unpaired) electrons. The van der Waals surface area contributed by atoms with Crippen LogP contribution in [0, 0.1) is 0 Å². The molecule has 170 valence electrons. The van der Waals surface area contributed by atoms with Crippen LogP contribution in [0.25, 0.3) is 22.2 Å². The van der Waals surface area contributed by atoms with Crippen LogP contribution >= 0.6 is 11.3 Å². The number of benzene rings is 1. The molecule has 0 fully saturated rings. The zero-order valence-corrected chi connectivity index (χ0v) is 18.9. The molecule has 0 amide bonds. The van der Waals surface area contributed by atoms with Crippen molar-refractivity contribution in [3.05, 3.63) is 53.5 Å². The summed E-state index contributed by atoms with van der Waals surface area (Å²) in [4.78, 5) is 20.9. The fraction of sp³-hybridized carbons (Fsp3) is 0.227. The van der Waals surface area contributed by atoms with Crippen molar-refractivity contribution in [2.75, 3.05) is 21.3 Å². The Balaban J connectivity index is 1.38. The number of carbonyl (C=O) groups excluding carboxylic acids is 1. The van der Waals surface area contributed by atoms with E-state index < -0.39 is 5.97 Å². The van der Waals surface area contributed by atoms with E-state index in [4.69, 9.17) is 23.4 Å². The summed E-state index contributed by atoms with van der Waals surface area (Å²) in [6.07, 6.45) is 1.72. The van der Waals surface area contributed by atoms with E-state index >= 15 is 0 Å². The second-order valence-electron chi connectivity index (χ2n) is 6.61. The molecule has 3 aromatic heterocycles. The van der Waals surface area contributed by atoms with E-state index in [2.05, 4.69) is 20.2 Å². The van der Waals surface area contributed by atoms with Crippen LogP contribution in [0.15, 0.2) is 46.3 Å². The normalized spacial score (nSPS) is 10.6. The lowest BCUT2D eigenvalue weighted by atomic mass is 10.2. The lowest BCUT2D eigenvalue weighted by molar-refractivity contribution is -0.144. The van der Waals surface area contributed by atoms with E-state index in [1.807, 2.05) is 18.2 Å². The Hall–Kier alpha value is -3.99. The van der Waals surface area contributed by atoms with Gasteiger partial charge in [0.2, 0.25) is 11.6 Å². The number of pyridine rings is 1. The number of carbonyl (C=O) groups is 1. The van der Waals surface area contributed by atoms with Crippen molar-refractivity contribution in [3.63, 3.8) is 0 Å². The summed E-state index contributed by atoms with van der Waals surface area (Å²) in [5.41, 5.74) is 1.93. The number of ether oxygens (including phenoxy) is 4. The fourth-order valence-corrected chi connectivity index (χ4v) is 3.76. The van der Waals surface area contributed by atoms with Gasteiger partial charge in [-0.2, -0.15) is 0 Å². The van der Waals surface area contributed by atoms with Gasteiger partial charge in [0.25, 0.3) is 5.89 Å². The average molecular weight is 468 g/mol. The largest absolute Gasteiger partial charge is 0.493 e. The van der Waals surface area contributed by atoms with E-state index in [9.17, 15) is 4.79 Å². The number of methoxy groups -OCH3 is 3. The van der Waals surface area contributed by atoms with E-state index in [1.54, 1.807) is 23.7 Å². The number of esters is 1. The maximum Gasteiger partial charge on any atom is 0.312 e. The van der Waals surface area contributed by atoms with Gasteiger partial charge in [-0.3, -0.25) is 9.78 Å². The van der Waals surface area contributed by atoms with E-state index in [0.29, 0.717) is 28.5 Å². The van der Waals surface area contributed by atoms with Gasteiger partial charge < -0.3 is 23.4 Å². The maximum absolute atomic E-state index is 12.2. The number of hydrogen-bond donors (Lipinski definition) is 0. The summed E-state index contributed by atoms with van der Waals surface area (Å²) >= 11 is 1.42. The zero-order valence-electron chi connectivity index (χ0n) is 18.1. The third kappa shape index (κ3) is 5.09. The molecule has 0 aliphatic heterocycles. The van der Waals surface area contributed by atoms with Crippen molar-refractivity contribution < 1.29 is 28.2 Å². The van der Waals surface area contributed by atoms with Crippen LogP contribution in [0.2, 0.25) is 0 Å². The molecule has 0 bridgehead atoms. The van der Waals surface area contributed by atoms with Gasteiger partial charge >= 0.3 is 5.97 Å². The molecule has 0 N–H and O–H groups in total. The van der Waals surface area contributed by atoms with Gasteiger partial charge in [-0.15, -0.1) is 21.5 Å². The van der Waals surface area contributed by atoms with Crippen molar-refractivity contribution >= 4 is 17.3 Å². The Bertz CT molecular complexity index is 1220. The van der Waals surface area contributed by atoms with Gasteiger partial charge in [0, 0.05) is 17.1 Å². The summed E-state index contributed by atoms with van der Waals surface area (Å²) in [6, 6.07) is 8.95. The number of aromatic nitrogens is 4. The molecule has 11 heteroatoms. The second-order valence-corrected chi connectivity index (χ2v) is 7.47. The Morgan fingerprint density at radius 3 is 2.52 bits per heavy atom. The standard InChI is InChI=1S/C22H20N4O6S/c1-28-16-8-13(9-17(29-2)20(16)30-3)21-26-25-18(32-21)11-31-19(27)10-14-12-33-22(24-14)15-6-4-5-7-23-15/h4-9,12H,10-11H2,1-3H3. The molecule has 0 saturated carbocycles. The highest BCUT2D eigenvalue weighted by Gasteiger charge is 2.18. The third-order valence-electron chi connectivity index (χ3n) is 4.50. The van der Waals surface area contributed by atoms with Gasteiger partial charge in [0.1, 0.15) is 5.01 Å². The summed E-state index contributed by atoms with van der Waals surface area (Å²) < 4.78 is 26.9. The fourth-order valence-electron chi connectivity index (χ4n) is 2.97. The quantitative estimate of drug-likeness (QED) is 0.337. The summed E-state index contributed by atoms with van der Waals surface area (Å²) in [5.74, 6) is 1.27. The maximum atomic E-state index is 12.2. The molecule has 1 aromatic carbocycles. The lowest BCUT2D eigenvalue weighted by Gasteiger charge is -2.12. The van der Waals surface area contributed by atoms with E-state index in [0.717, 1.165) is 10.7 Å². The van der Waals surface area contributed by atoms with Gasteiger partial charge in [-0.1, -0.05) is 6.07 Å². The third-order valence-corrected chi connectivity index (χ3v) is 5.41. The topological polar surface area (TPSA) is 119 Å². The molecule has 33 heavy (non-hydrogen) atoms. The first-order valence-electron chi connectivity index (χ1n) is 9.75. The first-order chi connectivity index (χ1) is 16.1. The Kier molecular flexibility index (Phi) is 6.79. The van der Waals surface area contributed by atoms with E-state index in [1.165, 1.54) is 32.7 Å². The number of thiazole rings is 1.